The van der Waals surface area contributed by atoms with Gasteiger partial charge < -0.3 is 20.3 Å². The van der Waals surface area contributed by atoms with Crippen molar-refractivity contribution in [3.05, 3.63) is 15.0 Å². The number of alkyl halides is 3. The van der Waals surface area contributed by atoms with Crippen molar-refractivity contribution in [3.63, 3.8) is 0 Å². The number of thiazole rings is 1. The van der Waals surface area contributed by atoms with Crippen molar-refractivity contribution in [2.24, 2.45) is 5.92 Å². The van der Waals surface area contributed by atoms with E-state index in [9.17, 15) is 23.1 Å². The molecule has 1 fully saturated rings. The summed E-state index contributed by atoms with van der Waals surface area (Å²) in [7, 11) is 0. The lowest BCUT2D eigenvalue weighted by molar-refractivity contribution is -0.242. The number of hydrogen-bond donors (Lipinski definition) is 3. The molecule has 0 radical (unpaired) electrons. The molecule has 1 aliphatic heterocycles. The third-order valence-electron chi connectivity index (χ3n) is 3.72. The van der Waals surface area contributed by atoms with Crippen LogP contribution in [0.25, 0.3) is 0 Å². The monoisotopic (exact) mass is 418 g/mol. The topological polar surface area (TPSA) is 91.7 Å². The van der Waals surface area contributed by atoms with Gasteiger partial charge in [-0.15, -0.1) is 11.3 Å². The second-order valence-electron chi connectivity index (χ2n) is 5.33. The van der Waals surface area contributed by atoms with Gasteiger partial charge in [0.05, 0.1) is 12.7 Å². The zero-order valence-corrected chi connectivity index (χ0v) is 14.2. The third kappa shape index (κ3) is 3.78. The second kappa shape index (κ2) is 6.54. The van der Waals surface area contributed by atoms with Crippen molar-refractivity contribution in [1.82, 2.24) is 10.3 Å². The maximum Gasteiger partial charge on any atom is 0.414 e. The van der Waals surface area contributed by atoms with E-state index in [0.29, 0.717) is 4.60 Å². The van der Waals surface area contributed by atoms with E-state index in [2.05, 4.69) is 26.2 Å². The molecule has 1 amide bonds. The summed E-state index contributed by atoms with van der Waals surface area (Å²) < 4.78 is 45.0. The average molecular weight is 419 g/mol. The number of halogens is 4. The summed E-state index contributed by atoms with van der Waals surface area (Å²) in [5.74, 6) is -1.46. The van der Waals surface area contributed by atoms with Crippen molar-refractivity contribution in [3.8, 4) is 0 Å². The predicted molar refractivity (Wildman–Crippen MR) is 78.2 cm³/mol. The van der Waals surface area contributed by atoms with Crippen LogP contribution in [0.1, 0.15) is 18.4 Å². The fourth-order valence-corrected chi connectivity index (χ4v) is 4.15. The van der Waals surface area contributed by atoms with E-state index in [1.54, 1.807) is 6.92 Å². The van der Waals surface area contributed by atoms with Gasteiger partial charge in [-0.1, -0.05) is 0 Å². The van der Waals surface area contributed by atoms with E-state index in [-0.39, 0.29) is 18.0 Å². The highest BCUT2D eigenvalue weighted by Gasteiger charge is 2.57. The first kappa shape index (κ1) is 18.4. The first-order valence-electron chi connectivity index (χ1n) is 6.55. The fraction of sp³-hybridized carbons (Fsp3) is 0.667. The minimum Gasteiger partial charge on any atom is -0.465 e. The zero-order valence-electron chi connectivity index (χ0n) is 11.8. The van der Waals surface area contributed by atoms with Gasteiger partial charge in [0.25, 0.3) is 0 Å². The molecule has 0 spiro atoms. The fourth-order valence-electron chi connectivity index (χ4n) is 2.69. The highest BCUT2D eigenvalue weighted by Crippen LogP contribution is 2.45. The van der Waals surface area contributed by atoms with Crippen LogP contribution in [-0.4, -0.2) is 46.3 Å². The van der Waals surface area contributed by atoms with Gasteiger partial charge in [0.1, 0.15) is 15.1 Å². The number of aromatic nitrogens is 1. The molecule has 23 heavy (non-hydrogen) atoms. The van der Waals surface area contributed by atoms with Crippen molar-refractivity contribution in [2.75, 3.05) is 6.61 Å². The SMILES string of the molecule is C[C@H]1C[C@@H]([C@@H](O)C(F)(F)F)[C@](NC(=O)O)(c2nc(Br)cs2)CO1. The van der Waals surface area contributed by atoms with Crippen molar-refractivity contribution < 1.29 is 32.9 Å². The first-order chi connectivity index (χ1) is 10.6. The van der Waals surface area contributed by atoms with Crippen molar-refractivity contribution >= 4 is 33.4 Å². The maximum atomic E-state index is 13.1. The van der Waals surface area contributed by atoms with Crippen molar-refractivity contribution in [2.45, 2.75) is 37.3 Å². The molecule has 2 heterocycles. The van der Waals surface area contributed by atoms with E-state index < -0.39 is 35.9 Å². The molecule has 0 aliphatic carbocycles. The van der Waals surface area contributed by atoms with Crippen molar-refractivity contribution in [1.29, 1.82) is 0 Å². The molecule has 0 saturated carbocycles. The minimum absolute atomic E-state index is 0.104. The Morgan fingerprint density at radius 2 is 2.30 bits per heavy atom. The molecular formula is C12H14BrF3N2O4S. The van der Waals surface area contributed by atoms with Gasteiger partial charge in [-0.05, 0) is 29.3 Å². The van der Waals surface area contributed by atoms with E-state index >= 15 is 0 Å². The maximum absolute atomic E-state index is 13.1. The highest BCUT2D eigenvalue weighted by molar-refractivity contribution is 9.10. The summed E-state index contributed by atoms with van der Waals surface area (Å²) in [5, 5.41) is 22.6. The van der Waals surface area contributed by atoms with Gasteiger partial charge in [-0.2, -0.15) is 13.2 Å². The van der Waals surface area contributed by atoms with Gasteiger partial charge >= 0.3 is 12.3 Å². The van der Waals surface area contributed by atoms with Crippen LogP contribution in [0.2, 0.25) is 0 Å². The summed E-state index contributed by atoms with van der Waals surface area (Å²) in [6, 6.07) is 0. The molecule has 1 saturated heterocycles. The molecular weight excluding hydrogens is 405 g/mol. The van der Waals surface area contributed by atoms with Gasteiger partial charge in [0.15, 0.2) is 6.10 Å². The van der Waals surface area contributed by atoms with Crippen LogP contribution in [0, 0.1) is 5.92 Å². The van der Waals surface area contributed by atoms with Crippen LogP contribution in [-0.2, 0) is 10.3 Å². The number of nitrogens with zero attached hydrogens (tertiary/aromatic N) is 1. The lowest BCUT2D eigenvalue weighted by atomic mass is 9.75. The molecule has 6 nitrogen and oxygen atoms in total. The van der Waals surface area contributed by atoms with Crippen LogP contribution in [0.3, 0.4) is 0 Å². The number of carbonyl (C=O) groups is 1. The van der Waals surface area contributed by atoms with Crippen LogP contribution in [0.15, 0.2) is 9.98 Å². The molecule has 0 unspecified atom stereocenters. The number of aliphatic hydroxyl groups excluding tert-OH is 1. The summed E-state index contributed by atoms with van der Waals surface area (Å²) in [4.78, 5) is 15.2. The first-order valence-corrected chi connectivity index (χ1v) is 8.22. The molecule has 130 valence electrons. The van der Waals surface area contributed by atoms with E-state index in [0.717, 1.165) is 11.3 Å². The number of nitrogens with one attached hydrogen (secondary N) is 1. The standard InChI is InChI=1S/C12H14BrF3N2O4S/c1-5-2-6(8(19)12(14,15)16)11(4-22-5,18-10(20)21)9-17-7(13)3-23-9/h3,5-6,8,18-19H,2,4H2,1H3,(H,20,21)/t5-,6-,8+,11-/m0/s1. The summed E-state index contributed by atoms with van der Waals surface area (Å²) in [6.45, 7) is 1.22. The van der Waals surface area contributed by atoms with Crippen LogP contribution in [0.5, 0.6) is 0 Å². The molecule has 2 rings (SSSR count). The smallest absolute Gasteiger partial charge is 0.414 e. The average Bonchev–Trinajstić information content (AvgIpc) is 2.85. The normalized spacial score (nSPS) is 30.0. The Hall–Kier alpha value is -0.910. The van der Waals surface area contributed by atoms with Crippen LogP contribution in [0.4, 0.5) is 18.0 Å². The number of carboxylic acid groups (broad SMARTS) is 1. The Bertz CT molecular complexity index is 585. The van der Waals surface area contributed by atoms with Gasteiger partial charge in [0, 0.05) is 11.3 Å². The highest BCUT2D eigenvalue weighted by atomic mass is 79.9. The Labute approximate surface area is 141 Å². The van der Waals surface area contributed by atoms with E-state index in [1.807, 2.05) is 0 Å². The third-order valence-corrected chi connectivity index (χ3v) is 5.45. The zero-order chi connectivity index (χ0) is 17.4. The van der Waals surface area contributed by atoms with E-state index in [4.69, 9.17) is 9.84 Å². The number of ether oxygens (including phenoxy) is 1. The summed E-state index contributed by atoms with van der Waals surface area (Å²) in [6.07, 6.45) is -9.83. The second-order valence-corrected chi connectivity index (χ2v) is 7.00. The number of rotatable bonds is 3. The van der Waals surface area contributed by atoms with Gasteiger partial charge in [-0.25, -0.2) is 9.78 Å². The van der Waals surface area contributed by atoms with E-state index in [1.165, 1.54) is 5.38 Å². The lowest BCUT2D eigenvalue weighted by Gasteiger charge is -2.46. The molecule has 1 aromatic heterocycles. The Balaban J connectivity index is 2.53. The Morgan fingerprint density at radius 3 is 2.78 bits per heavy atom. The predicted octanol–water partition coefficient (Wildman–Crippen LogP) is 2.72. The lowest BCUT2D eigenvalue weighted by Crippen LogP contribution is -2.62. The van der Waals surface area contributed by atoms with Crippen LogP contribution < -0.4 is 5.32 Å². The van der Waals surface area contributed by atoms with Gasteiger partial charge in [-0.3, -0.25) is 0 Å². The molecule has 0 bridgehead atoms. The molecule has 0 aromatic carbocycles. The summed E-state index contributed by atoms with van der Waals surface area (Å²) in [5.41, 5.74) is -1.77. The minimum atomic E-state index is -4.89. The molecule has 1 aromatic rings. The largest absolute Gasteiger partial charge is 0.465 e. The van der Waals surface area contributed by atoms with Crippen LogP contribution >= 0.6 is 27.3 Å². The number of amides is 1. The molecule has 1 aliphatic rings. The molecule has 11 heteroatoms. The van der Waals surface area contributed by atoms with Gasteiger partial charge in [0.2, 0.25) is 0 Å². The number of hydrogen-bond acceptors (Lipinski definition) is 5. The molecule has 3 N–H and O–H groups in total. The Morgan fingerprint density at radius 1 is 1.65 bits per heavy atom. The Kier molecular flexibility index (Phi) is 5.24. The summed E-state index contributed by atoms with van der Waals surface area (Å²) >= 11 is 4.08. The quantitative estimate of drug-likeness (QED) is 0.701. The molecule has 4 atom stereocenters. The number of aliphatic hydroxyl groups is 1.